The van der Waals surface area contributed by atoms with E-state index in [4.69, 9.17) is 5.11 Å². The largest absolute Gasteiger partial charge is 0.477 e. The van der Waals surface area contributed by atoms with Crippen molar-refractivity contribution in [1.29, 1.82) is 0 Å². The van der Waals surface area contributed by atoms with E-state index in [1.807, 2.05) is 0 Å². The third-order valence-electron chi connectivity index (χ3n) is 2.45. The summed E-state index contributed by atoms with van der Waals surface area (Å²) in [6.07, 6.45) is 1.01. The summed E-state index contributed by atoms with van der Waals surface area (Å²) in [5.74, 6) is -1.45. The molecule has 1 aromatic carbocycles. The van der Waals surface area contributed by atoms with Gasteiger partial charge >= 0.3 is 5.97 Å². The van der Waals surface area contributed by atoms with Crippen LogP contribution in [-0.2, 0) is 0 Å². The first-order chi connectivity index (χ1) is 8.50. The maximum Gasteiger partial charge on any atom is 0.342 e. The van der Waals surface area contributed by atoms with Gasteiger partial charge in [-0.3, -0.25) is 9.36 Å². The van der Waals surface area contributed by atoms with Gasteiger partial charge in [0.2, 0.25) is 0 Å². The Morgan fingerprint density at radius 2 is 1.94 bits per heavy atom. The van der Waals surface area contributed by atoms with Crippen LogP contribution >= 0.6 is 0 Å². The van der Waals surface area contributed by atoms with Crippen LogP contribution < -0.4 is 5.56 Å². The predicted molar refractivity (Wildman–Crippen MR) is 61.5 cm³/mol. The first-order valence-corrected chi connectivity index (χ1v) is 5.08. The lowest BCUT2D eigenvalue weighted by Crippen LogP contribution is -2.27. The van der Waals surface area contributed by atoms with Crippen molar-refractivity contribution in [3.05, 3.63) is 58.0 Å². The van der Waals surface area contributed by atoms with Crippen LogP contribution in [0.3, 0.4) is 0 Å². The van der Waals surface area contributed by atoms with Gasteiger partial charge in [0.1, 0.15) is 17.2 Å². The van der Waals surface area contributed by atoms with Crippen LogP contribution in [0.5, 0.6) is 0 Å². The second-order valence-corrected chi connectivity index (χ2v) is 3.64. The van der Waals surface area contributed by atoms with Crippen LogP contribution in [0.15, 0.2) is 35.3 Å². The van der Waals surface area contributed by atoms with Crippen molar-refractivity contribution in [2.45, 2.75) is 6.92 Å². The molecule has 0 unspecified atom stereocenters. The number of hydrogen-bond donors (Lipinski definition) is 1. The molecule has 0 saturated carbocycles. The van der Waals surface area contributed by atoms with E-state index in [2.05, 4.69) is 4.98 Å². The molecule has 18 heavy (non-hydrogen) atoms. The Morgan fingerprint density at radius 1 is 1.33 bits per heavy atom. The van der Waals surface area contributed by atoms with Crippen molar-refractivity contribution in [3.8, 4) is 5.69 Å². The number of halogens is 1. The zero-order valence-corrected chi connectivity index (χ0v) is 9.42. The summed E-state index contributed by atoms with van der Waals surface area (Å²) in [6.45, 7) is 1.57. The van der Waals surface area contributed by atoms with Crippen LogP contribution in [0.1, 0.15) is 16.2 Å². The number of carbonyl (C=O) groups is 1. The lowest BCUT2D eigenvalue weighted by Gasteiger charge is -2.09. The summed E-state index contributed by atoms with van der Waals surface area (Å²) >= 11 is 0. The van der Waals surface area contributed by atoms with Crippen molar-refractivity contribution in [1.82, 2.24) is 9.55 Å². The maximum atomic E-state index is 12.8. The fraction of sp³-hybridized carbons (Fsp3) is 0.0833. The molecule has 2 rings (SSSR count). The molecular weight excluding hydrogens is 239 g/mol. The minimum Gasteiger partial charge on any atom is -0.477 e. The Balaban J connectivity index is 2.71. The Morgan fingerprint density at radius 3 is 2.50 bits per heavy atom. The molecule has 0 aliphatic carbocycles. The number of aryl methyl sites for hydroxylation is 1. The standard InChI is InChI=1S/C12H9FN2O3/c1-7-14-6-10(12(17)18)11(16)15(7)9-4-2-8(13)3-5-9/h2-6H,1H3,(H,17,18). The average Bonchev–Trinajstić information content (AvgIpc) is 2.31. The quantitative estimate of drug-likeness (QED) is 0.871. The molecule has 0 atom stereocenters. The van der Waals surface area contributed by atoms with Gasteiger partial charge in [-0.15, -0.1) is 0 Å². The molecule has 6 heteroatoms. The van der Waals surface area contributed by atoms with E-state index in [0.717, 1.165) is 10.8 Å². The molecule has 92 valence electrons. The monoisotopic (exact) mass is 248 g/mol. The topological polar surface area (TPSA) is 72.2 Å². The van der Waals surface area contributed by atoms with Gasteiger partial charge < -0.3 is 5.11 Å². The number of rotatable bonds is 2. The molecule has 0 saturated heterocycles. The summed E-state index contributed by atoms with van der Waals surface area (Å²) in [7, 11) is 0. The lowest BCUT2D eigenvalue weighted by molar-refractivity contribution is 0.0694. The third kappa shape index (κ3) is 2.00. The van der Waals surface area contributed by atoms with Crippen LogP contribution in [-0.4, -0.2) is 20.6 Å². The molecule has 0 fully saturated rings. The van der Waals surface area contributed by atoms with E-state index in [0.29, 0.717) is 11.5 Å². The summed E-state index contributed by atoms with van der Waals surface area (Å²) < 4.78 is 13.9. The second-order valence-electron chi connectivity index (χ2n) is 3.64. The number of benzene rings is 1. The Bertz CT molecular complexity index is 662. The summed E-state index contributed by atoms with van der Waals surface area (Å²) in [4.78, 5) is 26.7. The van der Waals surface area contributed by atoms with Gasteiger partial charge in [0, 0.05) is 6.20 Å². The number of nitrogens with zero attached hydrogens (tertiary/aromatic N) is 2. The van der Waals surface area contributed by atoms with E-state index in [-0.39, 0.29) is 0 Å². The maximum absolute atomic E-state index is 12.8. The van der Waals surface area contributed by atoms with Gasteiger partial charge in [-0.1, -0.05) is 0 Å². The molecule has 1 heterocycles. The highest BCUT2D eigenvalue weighted by atomic mass is 19.1. The zero-order chi connectivity index (χ0) is 13.3. The van der Waals surface area contributed by atoms with Gasteiger partial charge in [-0.25, -0.2) is 14.2 Å². The van der Waals surface area contributed by atoms with Gasteiger partial charge in [0.05, 0.1) is 5.69 Å². The van der Waals surface area contributed by atoms with Gasteiger partial charge in [0.15, 0.2) is 0 Å². The molecule has 0 aliphatic rings. The number of carboxylic acids is 1. The van der Waals surface area contributed by atoms with Gasteiger partial charge in [-0.2, -0.15) is 0 Å². The van der Waals surface area contributed by atoms with E-state index in [1.54, 1.807) is 6.92 Å². The number of aromatic nitrogens is 2. The number of aromatic carboxylic acids is 1. The summed E-state index contributed by atoms with van der Waals surface area (Å²) in [6, 6.07) is 5.15. The molecule has 1 N–H and O–H groups in total. The molecule has 1 aromatic heterocycles. The molecule has 0 aliphatic heterocycles. The third-order valence-corrected chi connectivity index (χ3v) is 2.45. The fourth-order valence-corrected chi connectivity index (χ4v) is 1.58. The first kappa shape index (κ1) is 12.0. The summed E-state index contributed by atoms with van der Waals surface area (Å²) in [5.41, 5.74) is -0.749. The minimum atomic E-state index is -1.34. The Labute approximate surface area is 101 Å². The van der Waals surface area contributed by atoms with Gasteiger partial charge in [0.25, 0.3) is 5.56 Å². The van der Waals surface area contributed by atoms with Crippen LogP contribution in [0.4, 0.5) is 4.39 Å². The molecule has 0 amide bonds. The van der Waals surface area contributed by atoms with E-state index in [9.17, 15) is 14.0 Å². The highest BCUT2D eigenvalue weighted by molar-refractivity contribution is 5.86. The van der Waals surface area contributed by atoms with Crippen molar-refractivity contribution in [2.75, 3.05) is 0 Å². The normalized spacial score (nSPS) is 10.3. The highest BCUT2D eigenvalue weighted by Crippen LogP contribution is 2.08. The van der Waals surface area contributed by atoms with E-state index < -0.39 is 22.9 Å². The first-order valence-electron chi connectivity index (χ1n) is 5.08. The Kier molecular flexibility index (Phi) is 2.93. The molecule has 0 spiro atoms. The number of carboxylic acid groups (broad SMARTS) is 1. The van der Waals surface area contributed by atoms with Crippen LogP contribution in [0.2, 0.25) is 0 Å². The molecule has 5 nitrogen and oxygen atoms in total. The van der Waals surface area contributed by atoms with Gasteiger partial charge in [-0.05, 0) is 31.2 Å². The highest BCUT2D eigenvalue weighted by Gasteiger charge is 2.14. The summed E-state index contributed by atoms with van der Waals surface area (Å²) in [5, 5.41) is 8.86. The lowest BCUT2D eigenvalue weighted by atomic mass is 10.2. The molecule has 0 radical (unpaired) electrons. The van der Waals surface area contributed by atoms with E-state index >= 15 is 0 Å². The SMILES string of the molecule is Cc1ncc(C(=O)O)c(=O)n1-c1ccc(F)cc1. The fourth-order valence-electron chi connectivity index (χ4n) is 1.58. The van der Waals surface area contributed by atoms with Crippen molar-refractivity contribution in [2.24, 2.45) is 0 Å². The van der Waals surface area contributed by atoms with E-state index in [1.165, 1.54) is 24.3 Å². The molecule has 0 bridgehead atoms. The van der Waals surface area contributed by atoms with Crippen molar-refractivity contribution < 1.29 is 14.3 Å². The average molecular weight is 248 g/mol. The smallest absolute Gasteiger partial charge is 0.342 e. The minimum absolute atomic E-state index is 0.330. The molecule has 2 aromatic rings. The second kappa shape index (κ2) is 4.40. The predicted octanol–water partition coefficient (Wildman–Crippen LogP) is 1.38. The zero-order valence-electron chi connectivity index (χ0n) is 9.42. The molecular formula is C12H9FN2O3. The number of hydrogen-bond acceptors (Lipinski definition) is 3. The van der Waals surface area contributed by atoms with Crippen molar-refractivity contribution >= 4 is 5.97 Å². The van der Waals surface area contributed by atoms with Crippen LogP contribution in [0.25, 0.3) is 5.69 Å². The van der Waals surface area contributed by atoms with Crippen molar-refractivity contribution in [3.63, 3.8) is 0 Å². The Hall–Kier alpha value is -2.50. The van der Waals surface area contributed by atoms with Crippen LogP contribution in [0, 0.1) is 12.7 Å².